The van der Waals surface area contributed by atoms with Crippen molar-refractivity contribution < 1.29 is 4.74 Å². The molecule has 0 fully saturated rings. The summed E-state index contributed by atoms with van der Waals surface area (Å²) in [7, 11) is 1.66. The fraction of sp³-hybridized carbons (Fsp3) is 0.143. The van der Waals surface area contributed by atoms with Gasteiger partial charge in [0.15, 0.2) is 0 Å². The average Bonchev–Trinajstić information content (AvgIpc) is 2.46. The third kappa shape index (κ3) is 3.66. The van der Waals surface area contributed by atoms with Gasteiger partial charge in [-0.15, -0.1) is 0 Å². The number of anilines is 1. The van der Waals surface area contributed by atoms with Crippen LogP contribution in [0, 0.1) is 0 Å². The fourth-order valence-corrected chi connectivity index (χ4v) is 1.71. The maximum Gasteiger partial charge on any atom is 0.122 e. The number of methoxy groups -OCH3 is 1. The van der Waals surface area contributed by atoms with Crippen molar-refractivity contribution in [1.29, 1.82) is 0 Å². The molecule has 0 aliphatic rings. The van der Waals surface area contributed by atoms with Crippen LogP contribution in [-0.4, -0.2) is 17.1 Å². The van der Waals surface area contributed by atoms with E-state index in [1.165, 1.54) is 5.56 Å². The van der Waals surface area contributed by atoms with Gasteiger partial charge in [0.05, 0.1) is 24.7 Å². The quantitative estimate of drug-likeness (QED) is 0.819. The zero-order valence-electron chi connectivity index (χ0n) is 10.6. The van der Waals surface area contributed by atoms with E-state index in [-0.39, 0.29) is 0 Å². The minimum atomic E-state index is 0.307. The highest BCUT2D eigenvalue weighted by atomic mass is 32.1. The molecular formula is C14H15N3OS. The Morgan fingerprint density at radius 1 is 1.26 bits per heavy atom. The van der Waals surface area contributed by atoms with Gasteiger partial charge in [-0.25, -0.2) is 0 Å². The Hall–Kier alpha value is -2.14. The first-order chi connectivity index (χ1) is 9.19. The second kappa shape index (κ2) is 6.15. The summed E-state index contributed by atoms with van der Waals surface area (Å²) in [6, 6.07) is 11.6. The second-order valence-electron chi connectivity index (χ2n) is 4.00. The Bertz CT molecular complexity index is 552. The molecule has 0 unspecified atom stereocenters. The monoisotopic (exact) mass is 273 g/mol. The number of pyridine rings is 1. The molecule has 0 saturated heterocycles. The average molecular weight is 273 g/mol. The normalized spacial score (nSPS) is 9.95. The first-order valence-electron chi connectivity index (χ1n) is 5.81. The first kappa shape index (κ1) is 13.3. The summed E-state index contributed by atoms with van der Waals surface area (Å²) in [6.07, 6.45) is 1.72. The maximum atomic E-state index is 5.49. The number of nitrogens with two attached hydrogens (primary N) is 1. The van der Waals surface area contributed by atoms with E-state index in [0.29, 0.717) is 10.7 Å². The molecule has 4 nitrogen and oxygen atoms in total. The smallest absolute Gasteiger partial charge is 0.122 e. The van der Waals surface area contributed by atoms with Crippen LogP contribution in [0.3, 0.4) is 0 Å². The number of nitrogens with one attached hydrogen (secondary N) is 1. The molecule has 0 amide bonds. The van der Waals surface area contributed by atoms with Crippen LogP contribution in [0.25, 0.3) is 0 Å². The molecule has 2 rings (SSSR count). The zero-order valence-corrected chi connectivity index (χ0v) is 11.4. The van der Waals surface area contributed by atoms with Gasteiger partial charge in [-0.2, -0.15) is 0 Å². The third-order valence-corrected chi connectivity index (χ3v) is 2.88. The molecule has 19 heavy (non-hydrogen) atoms. The van der Waals surface area contributed by atoms with Crippen LogP contribution in [0.5, 0.6) is 5.75 Å². The Morgan fingerprint density at radius 2 is 2.00 bits per heavy atom. The van der Waals surface area contributed by atoms with Gasteiger partial charge in [0.25, 0.3) is 0 Å². The van der Waals surface area contributed by atoms with E-state index in [1.807, 2.05) is 30.3 Å². The lowest BCUT2D eigenvalue weighted by atomic mass is 10.2. The van der Waals surface area contributed by atoms with Gasteiger partial charge < -0.3 is 15.8 Å². The number of hydrogen-bond donors (Lipinski definition) is 2. The summed E-state index contributed by atoms with van der Waals surface area (Å²) in [5, 5.41) is 3.28. The molecule has 0 saturated carbocycles. The molecule has 3 N–H and O–H groups in total. The lowest BCUT2D eigenvalue weighted by molar-refractivity contribution is 0.414. The van der Waals surface area contributed by atoms with Gasteiger partial charge in [0.1, 0.15) is 10.7 Å². The van der Waals surface area contributed by atoms with Gasteiger partial charge >= 0.3 is 0 Å². The standard InChI is InChI=1S/C14H15N3OS/c1-18-12-5-2-10(3-6-12)8-16-11-4-7-13(14(15)19)17-9-11/h2-7,9,16H,8H2,1H3,(H2,15,19). The van der Waals surface area contributed by atoms with Crippen LogP contribution in [-0.2, 0) is 6.54 Å². The molecule has 0 aliphatic heterocycles. The van der Waals surface area contributed by atoms with Crippen molar-refractivity contribution in [1.82, 2.24) is 4.98 Å². The van der Waals surface area contributed by atoms with Gasteiger partial charge in [0, 0.05) is 6.54 Å². The van der Waals surface area contributed by atoms with Crippen LogP contribution in [0.1, 0.15) is 11.3 Å². The SMILES string of the molecule is COc1ccc(CNc2ccc(C(N)=S)nc2)cc1. The number of ether oxygens (including phenoxy) is 1. The zero-order chi connectivity index (χ0) is 13.7. The van der Waals surface area contributed by atoms with Crippen molar-refractivity contribution in [3.8, 4) is 5.75 Å². The van der Waals surface area contributed by atoms with Crippen LogP contribution in [0.4, 0.5) is 5.69 Å². The van der Waals surface area contributed by atoms with E-state index < -0.39 is 0 Å². The molecule has 5 heteroatoms. The van der Waals surface area contributed by atoms with Gasteiger partial charge in [-0.05, 0) is 29.8 Å². The van der Waals surface area contributed by atoms with E-state index in [9.17, 15) is 0 Å². The fourth-order valence-electron chi connectivity index (χ4n) is 1.59. The molecule has 0 bridgehead atoms. The number of hydrogen-bond acceptors (Lipinski definition) is 4. The molecule has 2 aromatic rings. The van der Waals surface area contributed by atoms with Crippen LogP contribution < -0.4 is 15.8 Å². The number of rotatable bonds is 5. The van der Waals surface area contributed by atoms with E-state index in [1.54, 1.807) is 19.4 Å². The Kier molecular flexibility index (Phi) is 4.30. The van der Waals surface area contributed by atoms with E-state index in [0.717, 1.165) is 18.0 Å². The van der Waals surface area contributed by atoms with Crippen LogP contribution in [0.15, 0.2) is 42.6 Å². The Morgan fingerprint density at radius 3 is 2.53 bits per heavy atom. The molecule has 0 radical (unpaired) electrons. The summed E-state index contributed by atoms with van der Waals surface area (Å²) < 4.78 is 5.11. The van der Waals surface area contributed by atoms with Crippen molar-refractivity contribution in [2.45, 2.75) is 6.54 Å². The highest BCUT2D eigenvalue weighted by molar-refractivity contribution is 7.80. The third-order valence-electron chi connectivity index (χ3n) is 2.67. The molecule has 0 spiro atoms. The van der Waals surface area contributed by atoms with Crippen molar-refractivity contribution in [3.63, 3.8) is 0 Å². The molecule has 1 aromatic carbocycles. The number of thiocarbonyl (C=S) groups is 1. The molecular weight excluding hydrogens is 258 g/mol. The molecule has 1 aromatic heterocycles. The van der Waals surface area contributed by atoms with Crippen LogP contribution >= 0.6 is 12.2 Å². The maximum absolute atomic E-state index is 5.49. The molecule has 0 atom stereocenters. The van der Waals surface area contributed by atoms with Crippen molar-refractivity contribution >= 4 is 22.9 Å². The minimum Gasteiger partial charge on any atom is -0.497 e. The highest BCUT2D eigenvalue weighted by Gasteiger charge is 1.99. The first-order valence-corrected chi connectivity index (χ1v) is 6.22. The van der Waals surface area contributed by atoms with Crippen LogP contribution in [0.2, 0.25) is 0 Å². The summed E-state index contributed by atoms with van der Waals surface area (Å²) >= 11 is 4.85. The van der Waals surface area contributed by atoms with Gasteiger partial charge in [0.2, 0.25) is 0 Å². The number of aromatic nitrogens is 1. The number of nitrogens with zero attached hydrogens (tertiary/aromatic N) is 1. The molecule has 98 valence electrons. The van der Waals surface area contributed by atoms with Gasteiger partial charge in [-0.1, -0.05) is 24.4 Å². The largest absolute Gasteiger partial charge is 0.497 e. The summed E-state index contributed by atoms with van der Waals surface area (Å²) in [4.78, 5) is 4.48. The lowest BCUT2D eigenvalue weighted by Gasteiger charge is -2.07. The lowest BCUT2D eigenvalue weighted by Crippen LogP contribution is -2.11. The predicted molar refractivity (Wildman–Crippen MR) is 80.4 cm³/mol. The molecule has 1 heterocycles. The van der Waals surface area contributed by atoms with Crippen molar-refractivity contribution in [3.05, 3.63) is 53.9 Å². The summed E-state index contributed by atoms with van der Waals surface area (Å²) in [5.41, 5.74) is 8.22. The Labute approximate surface area is 117 Å². The minimum absolute atomic E-state index is 0.307. The highest BCUT2D eigenvalue weighted by Crippen LogP contribution is 2.13. The second-order valence-corrected chi connectivity index (χ2v) is 4.44. The van der Waals surface area contributed by atoms with Gasteiger partial charge in [-0.3, -0.25) is 4.98 Å². The van der Waals surface area contributed by atoms with E-state index in [4.69, 9.17) is 22.7 Å². The Balaban J connectivity index is 1.95. The van der Waals surface area contributed by atoms with Crippen molar-refractivity contribution in [2.75, 3.05) is 12.4 Å². The van der Waals surface area contributed by atoms with E-state index in [2.05, 4.69) is 10.3 Å². The topological polar surface area (TPSA) is 60.2 Å². The summed E-state index contributed by atoms with van der Waals surface area (Å²) in [6.45, 7) is 0.720. The molecule has 0 aliphatic carbocycles. The van der Waals surface area contributed by atoms with E-state index >= 15 is 0 Å². The predicted octanol–water partition coefficient (Wildman–Crippen LogP) is 2.34. The van der Waals surface area contributed by atoms with Crippen molar-refractivity contribution in [2.24, 2.45) is 5.73 Å². The summed E-state index contributed by atoms with van der Waals surface area (Å²) in [5.74, 6) is 0.853. The number of benzene rings is 1.